The molecule has 0 N–H and O–H groups in total. The fourth-order valence-corrected chi connectivity index (χ4v) is 7.42. The van der Waals surface area contributed by atoms with Crippen LogP contribution in [0.25, 0.3) is 0 Å². The zero-order valence-corrected chi connectivity index (χ0v) is 12.0. The van der Waals surface area contributed by atoms with Crippen molar-refractivity contribution in [2.24, 2.45) is 23.7 Å². The van der Waals surface area contributed by atoms with Crippen LogP contribution in [0.1, 0.15) is 13.3 Å². The standard InChI is InChI=1S/C15H16O2Se/c1-8-10-7-11-12(8)15(16)17-13(11)14(10)18-9-5-3-2-4-6-9/h2-6,8,10-14H,7H2,1H3. The van der Waals surface area contributed by atoms with Gasteiger partial charge in [0.15, 0.2) is 0 Å². The molecule has 0 spiro atoms. The first-order valence-electron chi connectivity index (χ1n) is 6.68. The van der Waals surface area contributed by atoms with Gasteiger partial charge in [0.2, 0.25) is 0 Å². The number of fused-ring (bicyclic) bond motifs is 1. The van der Waals surface area contributed by atoms with Crippen molar-refractivity contribution in [3.8, 4) is 0 Å². The fraction of sp³-hybridized carbons (Fsp3) is 0.533. The molecule has 1 aliphatic heterocycles. The summed E-state index contributed by atoms with van der Waals surface area (Å²) in [5.41, 5.74) is 0. The summed E-state index contributed by atoms with van der Waals surface area (Å²) in [6.07, 6.45) is 1.46. The molecule has 1 heterocycles. The van der Waals surface area contributed by atoms with Crippen LogP contribution in [0.4, 0.5) is 0 Å². The van der Waals surface area contributed by atoms with E-state index < -0.39 is 0 Å². The number of hydrogen-bond acceptors (Lipinski definition) is 2. The van der Waals surface area contributed by atoms with Gasteiger partial charge in [-0.2, -0.15) is 0 Å². The molecule has 3 aliphatic rings. The molecule has 1 aromatic carbocycles. The maximum absolute atomic E-state index is 11.9. The molecular formula is C15H16O2Se. The molecule has 0 radical (unpaired) electrons. The topological polar surface area (TPSA) is 26.3 Å². The summed E-state index contributed by atoms with van der Waals surface area (Å²) in [5.74, 6) is 2.11. The number of rotatable bonds is 2. The molecule has 18 heavy (non-hydrogen) atoms. The Morgan fingerprint density at radius 1 is 1.22 bits per heavy atom. The molecule has 6 unspecified atom stereocenters. The van der Waals surface area contributed by atoms with Gasteiger partial charge in [-0.05, 0) is 0 Å². The monoisotopic (exact) mass is 308 g/mol. The molecule has 1 saturated heterocycles. The van der Waals surface area contributed by atoms with E-state index in [0.717, 1.165) is 5.92 Å². The Morgan fingerprint density at radius 2 is 2.00 bits per heavy atom. The number of carbonyl (C=O) groups excluding carboxylic acids is 1. The van der Waals surface area contributed by atoms with Crippen molar-refractivity contribution in [3.05, 3.63) is 30.3 Å². The SMILES string of the molecule is CC1C2CC3C(OC(=O)C13)C2[Se]c1ccccc1. The van der Waals surface area contributed by atoms with E-state index in [1.165, 1.54) is 10.9 Å². The zero-order chi connectivity index (χ0) is 12.3. The quantitative estimate of drug-likeness (QED) is 0.613. The van der Waals surface area contributed by atoms with Gasteiger partial charge in [0.05, 0.1) is 0 Å². The van der Waals surface area contributed by atoms with Crippen LogP contribution in [-0.4, -0.2) is 27.0 Å². The number of hydrogen-bond donors (Lipinski definition) is 0. The molecule has 2 bridgehead atoms. The van der Waals surface area contributed by atoms with Gasteiger partial charge in [-0.3, -0.25) is 0 Å². The van der Waals surface area contributed by atoms with Crippen LogP contribution in [0.5, 0.6) is 0 Å². The summed E-state index contributed by atoms with van der Waals surface area (Å²) < 4.78 is 7.11. The zero-order valence-electron chi connectivity index (χ0n) is 10.3. The number of ether oxygens (including phenoxy) is 1. The predicted octanol–water partition coefficient (Wildman–Crippen LogP) is 1.63. The summed E-state index contributed by atoms with van der Waals surface area (Å²) in [5, 5.41) is 0. The summed E-state index contributed by atoms with van der Waals surface area (Å²) in [6.45, 7) is 2.26. The minimum atomic E-state index is 0.0892. The summed E-state index contributed by atoms with van der Waals surface area (Å²) in [4.78, 5) is 12.5. The van der Waals surface area contributed by atoms with Gasteiger partial charge < -0.3 is 0 Å². The molecule has 6 atom stereocenters. The third-order valence-corrected chi connectivity index (χ3v) is 7.96. The van der Waals surface area contributed by atoms with Gasteiger partial charge in [0, 0.05) is 0 Å². The van der Waals surface area contributed by atoms with Crippen LogP contribution in [0, 0.1) is 23.7 Å². The molecule has 2 aliphatic carbocycles. The average molecular weight is 307 g/mol. The van der Waals surface area contributed by atoms with Crippen molar-refractivity contribution in [1.82, 2.24) is 0 Å². The normalized spacial score (nSPS) is 44.4. The predicted molar refractivity (Wildman–Crippen MR) is 69.7 cm³/mol. The Bertz CT molecular complexity index is 487. The van der Waals surface area contributed by atoms with E-state index in [2.05, 4.69) is 37.3 Å². The molecule has 3 heteroatoms. The van der Waals surface area contributed by atoms with Crippen LogP contribution in [0.3, 0.4) is 0 Å². The van der Waals surface area contributed by atoms with Gasteiger partial charge in [0.25, 0.3) is 0 Å². The second-order valence-electron chi connectivity index (χ2n) is 5.75. The molecule has 1 aromatic rings. The van der Waals surface area contributed by atoms with Gasteiger partial charge in [0.1, 0.15) is 0 Å². The van der Waals surface area contributed by atoms with Crippen LogP contribution in [0.2, 0.25) is 4.82 Å². The number of benzene rings is 1. The summed E-state index contributed by atoms with van der Waals surface area (Å²) in [6, 6.07) is 10.7. The van der Waals surface area contributed by atoms with Crippen molar-refractivity contribution in [2.45, 2.75) is 24.3 Å². The van der Waals surface area contributed by atoms with Gasteiger partial charge in [-0.15, -0.1) is 0 Å². The molecule has 0 aromatic heterocycles. The van der Waals surface area contributed by atoms with Crippen LogP contribution in [0.15, 0.2) is 30.3 Å². The first-order chi connectivity index (χ1) is 8.75. The van der Waals surface area contributed by atoms with E-state index in [1.807, 2.05) is 0 Å². The number of carbonyl (C=O) groups is 1. The first-order valence-corrected chi connectivity index (χ1v) is 8.52. The van der Waals surface area contributed by atoms with Crippen molar-refractivity contribution >= 4 is 25.4 Å². The second kappa shape index (κ2) is 3.85. The Balaban J connectivity index is 1.62. The van der Waals surface area contributed by atoms with Crippen molar-refractivity contribution < 1.29 is 9.53 Å². The molecule has 2 nitrogen and oxygen atoms in total. The Hall–Kier alpha value is -0.791. The molecule has 3 fully saturated rings. The third kappa shape index (κ3) is 1.38. The Kier molecular flexibility index (Phi) is 2.37. The Morgan fingerprint density at radius 3 is 2.78 bits per heavy atom. The molecular weight excluding hydrogens is 291 g/mol. The van der Waals surface area contributed by atoms with Gasteiger partial charge in [-0.25, -0.2) is 0 Å². The summed E-state index contributed by atoms with van der Waals surface area (Å²) >= 11 is 0.440. The van der Waals surface area contributed by atoms with Crippen molar-refractivity contribution in [3.63, 3.8) is 0 Å². The van der Waals surface area contributed by atoms with E-state index in [1.54, 1.807) is 0 Å². The van der Waals surface area contributed by atoms with E-state index in [-0.39, 0.29) is 18.0 Å². The maximum atomic E-state index is 11.9. The van der Waals surface area contributed by atoms with E-state index in [4.69, 9.17) is 4.74 Å². The Labute approximate surface area is 113 Å². The van der Waals surface area contributed by atoms with Gasteiger partial charge in [-0.1, -0.05) is 0 Å². The average Bonchev–Trinajstić information content (AvgIpc) is 2.95. The van der Waals surface area contributed by atoms with Crippen LogP contribution >= 0.6 is 0 Å². The van der Waals surface area contributed by atoms with Crippen molar-refractivity contribution in [2.75, 3.05) is 0 Å². The fourth-order valence-electron chi connectivity index (χ4n) is 4.16. The van der Waals surface area contributed by atoms with E-state index >= 15 is 0 Å². The van der Waals surface area contributed by atoms with Crippen LogP contribution in [-0.2, 0) is 9.53 Å². The first kappa shape index (κ1) is 11.1. The van der Waals surface area contributed by atoms with Crippen LogP contribution < -0.4 is 4.46 Å². The van der Waals surface area contributed by atoms with Gasteiger partial charge >= 0.3 is 113 Å². The third-order valence-electron chi connectivity index (χ3n) is 4.95. The molecule has 4 rings (SSSR count). The minimum absolute atomic E-state index is 0.0892. The van der Waals surface area contributed by atoms with E-state index in [9.17, 15) is 4.79 Å². The van der Waals surface area contributed by atoms with E-state index in [0.29, 0.717) is 31.6 Å². The van der Waals surface area contributed by atoms with Crippen molar-refractivity contribution in [1.29, 1.82) is 0 Å². The molecule has 94 valence electrons. The second-order valence-corrected chi connectivity index (χ2v) is 8.37. The number of esters is 1. The molecule has 0 amide bonds. The summed E-state index contributed by atoms with van der Waals surface area (Å²) in [7, 11) is 0. The molecule has 2 saturated carbocycles.